The highest BCUT2D eigenvalue weighted by Gasteiger charge is 2.37. The van der Waals surface area contributed by atoms with Gasteiger partial charge in [0.15, 0.2) is 0 Å². The fourth-order valence-corrected chi connectivity index (χ4v) is 3.08. The van der Waals surface area contributed by atoms with Crippen molar-refractivity contribution in [1.82, 2.24) is 4.90 Å². The number of hydrogen-bond donors (Lipinski definition) is 1. The third kappa shape index (κ3) is 3.75. The molecule has 0 aromatic carbocycles. The van der Waals surface area contributed by atoms with Gasteiger partial charge in [0.2, 0.25) is 0 Å². The number of allylic oxidation sites excluding steroid dienone is 1. The molecule has 2 aliphatic rings. The summed E-state index contributed by atoms with van der Waals surface area (Å²) < 4.78 is 5.43. The van der Waals surface area contributed by atoms with E-state index in [-0.39, 0.29) is 12.7 Å². The number of carbonyl (C=O) groups excluding carboxylic acids is 1. The zero-order valence-corrected chi connectivity index (χ0v) is 12.9. The molecule has 0 bridgehead atoms. The van der Waals surface area contributed by atoms with Gasteiger partial charge in [0.1, 0.15) is 5.60 Å². The van der Waals surface area contributed by atoms with Crippen molar-refractivity contribution in [2.75, 3.05) is 19.7 Å². The second-order valence-corrected chi connectivity index (χ2v) is 7.19. The van der Waals surface area contributed by atoms with Gasteiger partial charge in [0.25, 0.3) is 0 Å². The first-order chi connectivity index (χ1) is 9.34. The summed E-state index contributed by atoms with van der Waals surface area (Å²) in [5.41, 5.74) is 1.10. The van der Waals surface area contributed by atoms with E-state index in [1.54, 1.807) is 0 Å². The summed E-state index contributed by atoms with van der Waals surface area (Å²) in [6.07, 6.45) is 7.29. The Labute approximate surface area is 121 Å². The Morgan fingerprint density at radius 1 is 1.35 bits per heavy atom. The number of hydrogen-bond acceptors (Lipinski definition) is 3. The van der Waals surface area contributed by atoms with E-state index in [4.69, 9.17) is 9.84 Å². The summed E-state index contributed by atoms with van der Waals surface area (Å²) >= 11 is 0. The Kier molecular flexibility index (Phi) is 4.43. The van der Waals surface area contributed by atoms with Gasteiger partial charge >= 0.3 is 6.09 Å². The molecule has 20 heavy (non-hydrogen) atoms. The molecule has 114 valence electrons. The normalized spacial score (nSPS) is 22.6. The Bertz CT molecular complexity index is 387. The molecule has 0 unspecified atom stereocenters. The minimum atomic E-state index is -0.421. The zero-order valence-electron chi connectivity index (χ0n) is 12.9. The molecule has 1 heterocycles. The molecule has 4 nitrogen and oxygen atoms in total. The Hall–Kier alpha value is -1.03. The smallest absolute Gasteiger partial charge is 0.410 e. The number of likely N-dealkylation sites (tertiary alicyclic amines) is 1. The number of nitrogens with zero attached hydrogens (tertiary/aromatic N) is 1. The van der Waals surface area contributed by atoms with Crippen molar-refractivity contribution < 1.29 is 14.6 Å². The zero-order chi connectivity index (χ0) is 14.8. The van der Waals surface area contributed by atoms with Gasteiger partial charge in [0, 0.05) is 13.1 Å². The number of piperidine rings is 1. The summed E-state index contributed by atoms with van der Waals surface area (Å²) in [5.74, 6) is 0. The maximum absolute atomic E-state index is 12.0. The van der Waals surface area contributed by atoms with Crippen LogP contribution in [0.15, 0.2) is 11.6 Å². The molecule has 1 fully saturated rings. The lowest BCUT2D eigenvalue weighted by molar-refractivity contribution is 0.00851. The average molecular weight is 281 g/mol. The van der Waals surface area contributed by atoms with Gasteiger partial charge < -0.3 is 14.7 Å². The van der Waals surface area contributed by atoms with Gasteiger partial charge in [-0.2, -0.15) is 0 Å². The standard InChI is InChI=1S/C16H27NO3/c1-15(2,3)20-14(19)17-10-8-16(9-11-17)6-4-13(12-18)5-7-16/h4,18H,5-12H2,1-3H3. The molecule has 4 heteroatoms. The first-order valence-electron chi connectivity index (χ1n) is 7.60. The van der Waals surface area contributed by atoms with Crippen LogP contribution in [-0.2, 0) is 4.74 Å². The first kappa shape index (κ1) is 15.4. The van der Waals surface area contributed by atoms with Crippen molar-refractivity contribution in [2.24, 2.45) is 5.41 Å². The van der Waals surface area contributed by atoms with Gasteiger partial charge in [0.05, 0.1) is 6.61 Å². The second kappa shape index (κ2) is 5.76. The highest BCUT2D eigenvalue weighted by Crippen LogP contribution is 2.43. The Balaban J connectivity index is 1.87. The lowest BCUT2D eigenvalue weighted by Gasteiger charge is -2.43. The Morgan fingerprint density at radius 3 is 2.45 bits per heavy atom. The van der Waals surface area contributed by atoms with Crippen molar-refractivity contribution in [3.05, 3.63) is 11.6 Å². The lowest BCUT2D eigenvalue weighted by atomic mass is 9.69. The molecule has 1 aliphatic carbocycles. The van der Waals surface area contributed by atoms with E-state index in [1.807, 2.05) is 25.7 Å². The van der Waals surface area contributed by atoms with Gasteiger partial charge in [-0.3, -0.25) is 0 Å². The van der Waals surface area contributed by atoms with Crippen molar-refractivity contribution in [3.8, 4) is 0 Å². The van der Waals surface area contributed by atoms with Crippen LogP contribution in [0.4, 0.5) is 4.79 Å². The van der Waals surface area contributed by atoms with E-state index in [1.165, 1.54) is 5.57 Å². The molecular weight excluding hydrogens is 254 g/mol. The van der Waals surface area contributed by atoms with Gasteiger partial charge in [-0.05, 0) is 63.9 Å². The largest absolute Gasteiger partial charge is 0.444 e. The van der Waals surface area contributed by atoms with Gasteiger partial charge in [-0.1, -0.05) is 6.08 Å². The number of amides is 1. The number of carbonyl (C=O) groups is 1. The summed E-state index contributed by atoms with van der Waals surface area (Å²) in [7, 11) is 0. The van der Waals surface area contributed by atoms with Crippen LogP contribution in [0.5, 0.6) is 0 Å². The molecule has 0 aromatic heterocycles. The quantitative estimate of drug-likeness (QED) is 0.751. The number of aliphatic hydroxyl groups excluding tert-OH is 1. The van der Waals surface area contributed by atoms with E-state index < -0.39 is 5.60 Å². The molecular formula is C16H27NO3. The average Bonchev–Trinajstić information content (AvgIpc) is 2.38. The fourth-order valence-electron chi connectivity index (χ4n) is 3.08. The van der Waals surface area contributed by atoms with E-state index >= 15 is 0 Å². The van der Waals surface area contributed by atoms with Crippen LogP contribution in [0.3, 0.4) is 0 Å². The van der Waals surface area contributed by atoms with Crippen molar-refractivity contribution in [2.45, 2.75) is 58.5 Å². The molecule has 0 radical (unpaired) electrons. The summed E-state index contributed by atoms with van der Waals surface area (Å²) in [6, 6.07) is 0. The van der Waals surface area contributed by atoms with E-state index in [0.29, 0.717) is 5.41 Å². The Morgan fingerprint density at radius 2 is 2.00 bits per heavy atom. The molecule has 0 saturated carbocycles. The molecule has 1 spiro atoms. The third-order valence-corrected chi connectivity index (χ3v) is 4.48. The van der Waals surface area contributed by atoms with E-state index in [9.17, 15) is 4.79 Å². The monoisotopic (exact) mass is 281 g/mol. The van der Waals surface area contributed by atoms with Crippen LogP contribution >= 0.6 is 0 Å². The highest BCUT2D eigenvalue weighted by molar-refractivity contribution is 5.68. The summed E-state index contributed by atoms with van der Waals surface area (Å²) in [4.78, 5) is 13.9. The molecule has 1 amide bonds. The van der Waals surface area contributed by atoms with Gasteiger partial charge in [-0.25, -0.2) is 4.79 Å². The minimum Gasteiger partial charge on any atom is -0.444 e. The second-order valence-electron chi connectivity index (χ2n) is 7.19. The van der Waals surface area contributed by atoms with Crippen LogP contribution in [0.2, 0.25) is 0 Å². The summed E-state index contributed by atoms with van der Waals surface area (Å²) in [5, 5.41) is 9.16. The van der Waals surface area contributed by atoms with Crippen LogP contribution < -0.4 is 0 Å². The maximum atomic E-state index is 12.0. The maximum Gasteiger partial charge on any atom is 0.410 e. The van der Waals surface area contributed by atoms with Crippen LogP contribution in [-0.4, -0.2) is 41.4 Å². The highest BCUT2D eigenvalue weighted by atomic mass is 16.6. The summed E-state index contributed by atoms with van der Waals surface area (Å²) in [6.45, 7) is 7.48. The topological polar surface area (TPSA) is 49.8 Å². The number of aliphatic hydroxyl groups is 1. The van der Waals surface area contributed by atoms with Crippen molar-refractivity contribution in [1.29, 1.82) is 0 Å². The molecule has 0 atom stereocenters. The molecule has 1 N–H and O–H groups in total. The van der Waals surface area contributed by atoms with Crippen molar-refractivity contribution in [3.63, 3.8) is 0 Å². The predicted octanol–water partition coefficient (Wildman–Crippen LogP) is 3.11. The molecule has 0 aromatic rings. The van der Waals surface area contributed by atoms with Crippen LogP contribution in [0, 0.1) is 5.41 Å². The SMILES string of the molecule is CC(C)(C)OC(=O)N1CCC2(CC=C(CO)CC2)CC1. The predicted molar refractivity (Wildman–Crippen MR) is 78.5 cm³/mol. The minimum absolute atomic E-state index is 0.185. The lowest BCUT2D eigenvalue weighted by Crippen LogP contribution is -2.45. The van der Waals surface area contributed by atoms with Gasteiger partial charge in [-0.15, -0.1) is 0 Å². The van der Waals surface area contributed by atoms with Crippen LogP contribution in [0.25, 0.3) is 0 Å². The molecule has 1 saturated heterocycles. The fraction of sp³-hybridized carbons (Fsp3) is 0.812. The number of ether oxygens (including phenoxy) is 1. The van der Waals surface area contributed by atoms with E-state index in [0.717, 1.165) is 45.2 Å². The first-order valence-corrected chi connectivity index (χ1v) is 7.60. The van der Waals surface area contributed by atoms with Crippen molar-refractivity contribution >= 4 is 6.09 Å². The van der Waals surface area contributed by atoms with E-state index in [2.05, 4.69) is 6.08 Å². The number of rotatable bonds is 1. The van der Waals surface area contributed by atoms with Crippen LogP contribution in [0.1, 0.15) is 52.9 Å². The molecule has 2 rings (SSSR count). The third-order valence-electron chi connectivity index (χ3n) is 4.48. The molecule has 1 aliphatic heterocycles.